The molecule has 1 amide bonds. The molecule has 6 nitrogen and oxygen atoms in total. The number of amides is 1. The first-order valence-corrected chi connectivity index (χ1v) is 7.66. The van der Waals surface area contributed by atoms with Gasteiger partial charge in [-0.3, -0.25) is 4.79 Å². The molecule has 3 aromatic rings. The number of nitrogens with zero attached hydrogens (tertiary/aromatic N) is 3. The van der Waals surface area contributed by atoms with E-state index in [1.807, 2.05) is 13.8 Å². The number of carbonyl (C=O) groups is 1. The van der Waals surface area contributed by atoms with Crippen molar-refractivity contribution in [1.82, 2.24) is 14.8 Å². The van der Waals surface area contributed by atoms with Crippen molar-refractivity contribution in [2.75, 3.05) is 5.32 Å². The Kier molecular flexibility index (Phi) is 4.56. The number of hydrogen-bond acceptors (Lipinski definition) is 4. The van der Waals surface area contributed by atoms with Crippen LogP contribution in [0.3, 0.4) is 0 Å². The minimum atomic E-state index is -0.215. The molecule has 0 aliphatic carbocycles. The molecule has 0 unspecified atom stereocenters. The number of rotatable bonds is 5. The highest BCUT2D eigenvalue weighted by Gasteiger charge is 2.11. The molecule has 1 N–H and O–H groups in total. The highest BCUT2D eigenvalue weighted by molar-refractivity contribution is 6.05. The van der Waals surface area contributed by atoms with E-state index in [4.69, 9.17) is 4.74 Å². The van der Waals surface area contributed by atoms with Gasteiger partial charge in [-0.25, -0.2) is 9.67 Å². The van der Waals surface area contributed by atoms with E-state index >= 15 is 0 Å². The van der Waals surface area contributed by atoms with Gasteiger partial charge in [-0.15, -0.1) is 0 Å². The fourth-order valence-electron chi connectivity index (χ4n) is 2.22. The van der Waals surface area contributed by atoms with E-state index in [0.717, 1.165) is 5.75 Å². The Balaban J connectivity index is 1.78. The van der Waals surface area contributed by atoms with Crippen molar-refractivity contribution in [3.05, 3.63) is 66.6 Å². The van der Waals surface area contributed by atoms with Crippen molar-refractivity contribution in [3.63, 3.8) is 0 Å². The Bertz CT molecular complexity index is 811. The Morgan fingerprint density at radius 1 is 1.12 bits per heavy atom. The fourth-order valence-corrected chi connectivity index (χ4v) is 2.22. The van der Waals surface area contributed by atoms with Gasteiger partial charge in [-0.1, -0.05) is 0 Å². The number of hydrogen-bond donors (Lipinski definition) is 1. The van der Waals surface area contributed by atoms with Gasteiger partial charge in [-0.2, -0.15) is 5.10 Å². The van der Waals surface area contributed by atoms with Crippen LogP contribution >= 0.6 is 0 Å². The summed E-state index contributed by atoms with van der Waals surface area (Å²) in [6, 6.07) is 12.4. The summed E-state index contributed by atoms with van der Waals surface area (Å²) in [7, 11) is 0. The van der Waals surface area contributed by atoms with E-state index in [-0.39, 0.29) is 12.0 Å². The predicted molar refractivity (Wildman–Crippen MR) is 91.5 cm³/mol. The Morgan fingerprint density at radius 3 is 2.58 bits per heavy atom. The highest BCUT2D eigenvalue weighted by atomic mass is 16.5. The van der Waals surface area contributed by atoms with Crippen LogP contribution in [0.1, 0.15) is 24.2 Å². The summed E-state index contributed by atoms with van der Waals surface area (Å²) in [6.07, 6.45) is 5.19. The first-order valence-electron chi connectivity index (χ1n) is 7.66. The number of carbonyl (C=O) groups excluding carboxylic acids is 1. The lowest BCUT2D eigenvalue weighted by molar-refractivity contribution is 0.102. The van der Waals surface area contributed by atoms with Crippen molar-refractivity contribution in [3.8, 4) is 11.6 Å². The summed E-state index contributed by atoms with van der Waals surface area (Å²) in [5.74, 6) is 1.09. The lowest BCUT2D eigenvalue weighted by Crippen LogP contribution is -2.15. The third-order valence-corrected chi connectivity index (χ3v) is 3.24. The topological polar surface area (TPSA) is 69.0 Å². The largest absolute Gasteiger partial charge is 0.491 e. The second kappa shape index (κ2) is 6.95. The molecule has 0 spiro atoms. The van der Waals surface area contributed by atoms with Gasteiger partial charge in [0.2, 0.25) is 0 Å². The summed E-state index contributed by atoms with van der Waals surface area (Å²) in [5, 5.41) is 7.02. The summed E-state index contributed by atoms with van der Waals surface area (Å²) in [6.45, 7) is 3.92. The number of nitrogens with one attached hydrogen (secondary N) is 1. The molecule has 2 heterocycles. The molecule has 1 aromatic carbocycles. The van der Waals surface area contributed by atoms with Gasteiger partial charge in [0.1, 0.15) is 5.75 Å². The maximum Gasteiger partial charge on any atom is 0.255 e. The normalized spacial score (nSPS) is 10.6. The van der Waals surface area contributed by atoms with Gasteiger partial charge in [-0.05, 0) is 56.3 Å². The molecular weight excluding hydrogens is 304 g/mol. The third-order valence-electron chi connectivity index (χ3n) is 3.24. The molecule has 0 fully saturated rings. The Labute approximate surface area is 140 Å². The van der Waals surface area contributed by atoms with Crippen molar-refractivity contribution in [2.45, 2.75) is 20.0 Å². The van der Waals surface area contributed by atoms with Crippen LogP contribution in [0.5, 0.6) is 5.75 Å². The average molecular weight is 322 g/mol. The van der Waals surface area contributed by atoms with Crippen LogP contribution in [-0.2, 0) is 0 Å². The zero-order valence-electron chi connectivity index (χ0n) is 13.5. The number of benzene rings is 1. The van der Waals surface area contributed by atoms with E-state index in [1.165, 1.54) is 0 Å². The molecule has 3 rings (SSSR count). The maximum absolute atomic E-state index is 12.5. The molecule has 0 atom stereocenters. The summed E-state index contributed by atoms with van der Waals surface area (Å²) >= 11 is 0. The monoisotopic (exact) mass is 322 g/mol. The maximum atomic E-state index is 12.5. The van der Waals surface area contributed by atoms with Crippen molar-refractivity contribution >= 4 is 11.6 Å². The summed E-state index contributed by atoms with van der Waals surface area (Å²) in [4.78, 5) is 16.7. The molecule has 122 valence electrons. The van der Waals surface area contributed by atoms with E-state index in [0.29, 0.717) is 17.1 Å². The molecule has 0 saturated carbocycles. The molecule has 2 aromatic heterocycles. The minimum absolute atomic E-state index is 0.0942. The molecule has 24 heavy (non-hydrogen) atoms. The molecule has 0 aliphatic heterocycles. The summed E-state index contributed by atoms with van der Waals surface area (Å²) < 4.78 is 7.19. The van der Waals surface area contributed by atoms with Crippen LogP contribution in [-0.4, -0.2) is 26.8 Å². The first kappa shape index (κ1) is 15.7. The molecule has 0 radical (unpaired) electrons. The van der Waals surface area contributed by atoms with Crippen LogP contribution < -0.4 is 10.1 Å². The molecule has 0 aliphatic rings. The smallest absolute Gasteiger partial charge is 0.255 e. The lowest BCUT2D eigenvalue weighted by Gasteiger charge is -2.11. The first-order chi connectivity index (χ1) is 11.6. The van der Waals surface area contributed by atoms with Gasteiger partial charge < -0.3 is 10.1 Å². The Hall–Kier alpha value is -3.15. The van der Waals surface area contributed by atoms with Gasteiger partial charge in [0, 0.05) is 24.2 Å². The molecular formula is C18H18N4O2. The van der Waals surface area contributed by atoms with Gasteiger partial charge in [0.25, 0.3) is 5.91 Å². The van der Waals surface area contributed by atoms with Gasteiger partial charge >= 0.3 is 0 Å². The summed E-state index contributed by atoms with van der Waals surface area (Å²) in [5.41, 5.74) is 1.13. The second-order valence-electron chi connectivity index (χ2n) is 5.47. The van der Waals surface area contributed by atoms with Crippen LogP contribution in [0.15, 0.2) is 61.1 Å². The minimum Gasteiger partial charge on any atom is -0.491 e. The number of aromatic nitrogens is 3. The van der Waals surface area contributed by atoms with Gasteiger partial charge in [0.15, 0.2) is 5.82 Å². The SMILES string of the molecule is CC(C)Oc1ccc(C(=O)Nc2cccnc2-n2cccn2)cc1. The zero-order valence-corrected chi connectivity index (χ0v) is 13.5. The molecule has 0 bridgehead atoms. The van der Waals surface area contributed by atoms with Crippen LogP contribution in [0.2, 0.25) is 0 Å². The number of anilines is 1. The van der Waals surface area contributed by atoms with Crippen LogP contribution in [0.25, 0.3) is 5.82 Å². The van der Waals surface area contributed by atoms with Crippen LogP contribution in [0, 0.1) is 0 Å². The highest BCUT2D eigenvalue weighted by Crippen LogP contribution is 2.19. The fraction of sp³-hybridized carbons (Fsp3) is 0.167. The Morgan fingerprint density at radius 2 is 1.92 bits per heavy atom. The standard InChI is InChI=1S/C18H18N4O2/c1-13(2)24-15-8-6-14(7-9-15)18(23)21-16-5-3-10-19-17(16)22-12-4-11-20-22/h3-13H,1-2H3,(H,21,23). The number of ether oxygens (including phenoxy) is 1. The zero-order chi connectivity index (χ0) is 16.9. The van der Waals surface area contributed by atoms with E-state index in [1.54, 1.807) is 65.7 Å². The molecule has 0 saturated heterocycles. The van der Waals surface area contributed by atoms with Gasteiger partial charge in [0.05, 0.1) is 11.8 Å². The van der Waals surface area contributed by atoms with Crippen molar-refractivity contribution in [1.29, 1.82) is 0 Å². The van der Waals surface area contributed by atoms with E-state index in [9.17, 15) is 4.79 Å². The van der Waals surface area contributed by atoms with Crippen LogP contribution in [0.4, 0.5) is 5.69 Å². The quantitative estimate of drug-likeness (QED) is 0.782. The van der Waals surface area contributed by atoms with Crippen molar-refractivity contribution in [2.24, 2.45) is 0 Å². The third kappa shape index (κ3) is 3.60. The predicted octanol–water partition coefficient (Wildman–Crippen LogP) is 3.31. The second-order valence-corrected chi connectivity index (χ2v) is 5.47. The average Bonchev–Trinajstić information content (AvgIpc) is 3.10. The van der Waals surface area contributed by atoms with Crippen molar-refractivity contribution < 1.29 is 9.53 Å². The number of pyridine rings is 1. The van der Waals surface area contributed by atoms with E-state index in [2.05, 4.69) is 15.4 Å². The molecule has 6 heteroatoms. The lowest BCUT2D eigenvalue weighted by atomic mass is 10.2. The van der Waals surface area contributed by atoms with E-state index < -0.39 is 0 Å².